The number of likely N-dealkylation sites (N-methyl/N-ethyl adjacent to an activating group) is 1. The Kier molecular flexibility index (Phi) is 4.62. The molecule has 1 aromatic heterocycles. The Morgan fingerprint density at radius 1 is 1.14 bits per heavy atom. The third-order valence-electron chi connectivity index (χ3n) is 4.35. The fourth-order valence-corrected chi connectivity index (χ4v) is 3.04. The molecule has 28 heavy (non-hydrogen) atoms. The van der Waals surface area contributed by atoms with Gasteiger partial charge in [0, 0.05) is 23.7 Å². The number of amides is 2. The number of benzene rings is 2. The van der Waals surface area contributed by atoms with Gasteiger partial charge in [-0.1, -0.05) is 16.8 Å². The first kappa shape index (κ1) is 17.9. The van der Waals surface area contributed by atoms with Gasteiger partial charge in [-0.3, -0.25) is 20.0 Å². The minimum Gasteiger partial charge on any atom is -0.363 e. The summed E-state index contributed by atoms with van der Waals surface area (Å²) in [6.45, 7) is 0.166. The van der Waals surface area contributed by atoms with Crippen LogP contribution in [0.1, 0.15) is 10.4 Å². The van der Waals surface area contributed by atoms with E-state index < -0.39 is 0 Å². The van der Waals surface area contributed by atoms with E-state index >= 15 is 0 Å². The first-order valence-electron chi connectivity index (χ1n) is 8.43. The van der Waals surface area contributed by atoms with Crippen LogP contribution in [0.3, 0.4) is 0 Å². The molecule has 2 heterocycles. The second-order valence-electron chi connectivity index (χ2n) is 6.20. The van der Waals surface area contributed by atoms with Gasteiger partial charge in [0.1, 0.15) is 12.8 Å². The summed E-state index contributed by atoms with van der Waals surface area (Å²) in [5, 5.41) is 8.58. The molecule has 0 radical (unpaired) electrons. The van der Waals surface area contributed by atoms with Gasteiger partial charge in [-0.25, -0.2) is 0 Å². The highest BCUT2D eigenvalue weighted by Crippen LogP contribution is 2.35. The van der Waals surface area contributed by atoms with Gasteiger partial charge in [-0.2, -0.15) is 0 Å². The number of aromatic nitrogens is 1. The van der Waals surface area contributed by atoms with Gasteiger partial charge in [-0.05, 0) is 42.5 Å². The van der Waals surface area contributed by atoms with Crippen LogP contribution in [0.4, 0.5) is 22.9 Å². The zero-order valence-corrected chi connectivity index (χ0v) is 15.6. The second kappa shape index (κ2) is 7.24. The molecule has 4 rings (SSSR count). The molecule has 8 nitrogen and oxygen atoms in total. The molecule has 0 aliphatic carbocycles. The third kappa shape index (κ3) is 3.49. The molecule has 0 bridgehead atoms. The number of nitrogens with zero attached hydrogens (tertiary/aromatic N) is 3. The Bertz CT molecular complexity index is 1020. The number of rotatable bonds is 4. The van der Waals surface area contributed by atoms with Crippen LogP contribution in [0, 0.1) is 0 Å². The standard InChI is InChI=1S/C19H16ClN5O3/c1-24-16-10-13(20)4-7-15(16)25(11-18(24)26)22-14-5-2-12(3-6-14)19(27)21-17-8-9-28-23-17/h2-10,22H,11H2,1H3,(H,21,23,27). The summed E-state index contributed by atoms with van der Waals surface area (Å²) < 4.78 is 4.69. The van der Waals surface area contributed by atoms with E-state index in [9.17, 15) is 9.59 Å². The Morgan fingerprint density at radius 2 is 1.93 bits per heavy atom. The van der Waals surface area contributed by atoms with Crippen molar-refractivity contribution in [2.24, 2.45) is 0 Å². The Labute approximate surface area is 165 Å². The lowest BCUT2D eigenvalue weighted by atomic mass is 10.2. The first-order valence-corrected chi connectivity index (χ1v) is 8.81. The van der Waals surface area contributed by atoms with Crippen LogP contribution in [0.15, 0.2) is 59.3 Å². The number of halogens is 1. The summed E-state index contributed by atoms with van der Waals surface area (Å²) >= 11 is 6.07. The molecule has 142 valence electrons. The predicted octanol–water partition coefficient (Wildman–Crippen LogP) is 3.39. The molecule has 1 aliphatic heterocycles. The summed E-state index contributed by atoms with van der Waals surface area (Å²) in [5.41, 5.74) is 5.96. The van der Waals surface area contributed by atoms with E-state index in [0.29, 0.717) is 16.4 Å². The van der Waals surface area contributed by atoms with Crippen LogP contribution in [0.2, 0.25) is 5.02 Å². The Morgan fingerprint density at radius 3 is 2.64 bits per heavy atom. The number of nitrogens with one attached hydrogen (secondary N) is 2. The lowest BCUT2D eigenvalue weighted by molar-refractivity contribution is -0.117. The van der Waals surface area contributed by atoms with Crippen LogP contribution in [0.25, 0.3) is 0 Å². The van der Waals surface area contributed by atoms with Crippen molar-refractivity contribution < 1.29 is 14.1 Å². The fraction of sp³-hybridized carbons (Fsp3) is 0.105. The molecular formula is C19H16ClN5O3. The lowest BCUT2D eigenvalue weighted by Crippen LogP contribution is -2.46. The van der Waals surface area contributed by atoms with Crippen LogP contribution in [-0.4, -0.2) is 30.6 Å². The zero-order chi connectivity index (χ0) is 19.7. The van der Waals surface area contributed by atoms with E-state index in [0.717, 1.165) is 17.1 Å². The minimum atomic E-state index is -0.296. The van der Waals surface area contributed by atoms with Crippen LogP contribution >= 0.6 is 11.6 Å². The summed E-state index contributed by atoms with van der Waals surface area (Å²) in [5.74, 6) is -0.0143. The number of carbonyl (C=O) groups is 2. The molecule has 0 fully saturated rings. The van der Waals surface area contributed by atoms with Crippen LogP contribution < -0.4 is 20.7 Å². The predicted molar refractivity (Wildman–Crippen MR) is 107 cm³/mol. The topological polar surface area (TPSA) is 90.7 Å². The summed E-state index contributed by atoms with van der Waals surface area (Å²) in [6, 6.07) is 13.8. The summed E-state index contributed by atoms with van der Waals surface area (Å²) in [6.07, 6.45) is 1.38. The van der Waals surface area contributed by atoms with Crippen LogP contribution in [0.5, 0.6) is 0 Å². The lowest BCUT2D eigenvalue weighted by Gasteiger charge is -2.36. The number of hydrazine groups is 1. The van der Waals surface area contributed by atoms with Crippen molar-refractivity contribution in [2.45, 2.75) is 0 Å². The third-order valence-corrected chi connectivity index (χ3v) is 4.58. The van der Waals surface area contributed by atoms with Gasteiger partial charge in [0.2, 0.25) is 5.91 Å². The van der Waals surface area contributed by atoms with Gasteiger partial charge in [0.05, 0.1) is 17.1 Å². The fourth-order valence-electron chi connectivity index (χ4n) is 2.87. The number of carbonyl (C=O) groups excluding carboxylic acids is 2. The minimum absolute atomic E-state index is 0.0640. The monoisotopic (exact) mass is 397 g/mol. The first-order chi connectivity index (χ1) is 13.5. The molecule has 0 unspecified atom stereocenters. The smallest absolute Gasteiger partial charge is 0.256 e. The van der Waals surface area contributed by atoms with Crippen LogP contribution in [-0.2, 0) is 4.79 Å². The maximum atomic E-state index is 12.3. The van der Waals surface area contributed by atoms with E-state index in [1.165, 1.54) is 6.26 Å². The zero-order valence-electron chi connectivity index (χ0n) is 14.8. The van der Waals surface area contributed by atoms with Crippen molar-refractivity contribution in [3.8, 4) is 0 Å². The highest BCUT2D eigenvalue weighted by Gasteiger charge is 2.27. The maximum absolute atomic E-state index is 12.3. The Balaban J connectivity index is 1.51. The van der Waals surface area contributed by atoms with Crippen molar-refractivity contribution >= 4 is 46.3 Å². The average Bonchev–Trinajstić information content (AvgIpc) is 3.19. The van der Waals surface area contributed by atoms with Crippen molar-refractivity contribution in [1.29, 1.82) is 0 Å². The highest BCUT2D eigenvalue weighted by atomic mass is 35.5. The molecule has 3 aromatic rings. The van der Waals surface area contributed by atoms with Crippen molar-refractivity contribution in [3.63, 3.8) is 0 Å². The SMILES string of the molecule is CN1C(=O)CN(Nc2ccc(C(=O)Nc3ccon3)cc2)c2ccc(Cl)cc21. The van der Waals surface area contributed by atoms with Gasteiger partial charge >= 0.3 is 0 Å². The number of hydrogen-bond donors (Lipinski definition) is 2. The quantitative estimate of drug-likeness (QED) is 0.701. The molecule has 0 atom stereocenters. The molecule has 0 spiro atoms. The normalized spacial score (nSPS) is 13.3. The molecule has 0 saturated heterocycles. The van der Waals surface area contributed by atoms with Crippen molar-refractivity contribution in [3.05, 3.63) is 65.4 Å². The van der Waals surface area contributed by atoms with E-state index in [1.807, 2.05) is 6.07 Å². The molecule has 1 aliphatic rings. The van der Waals surface area contributed by atoms with E-state index in [4.69, 9.17) is 11.6 Å². The van der Waals surface area contributed by atoms with Gasteiger partial charge in [0.25, 0.3) is 5.91 Å². The maximum Gasteiger partial charge on any atom is 0.256 e. The van der Waals surface area contributed by atoms with Crippen molar-refractivity contribution in [2.75, 3.05) is 34.2 Å². The molecule has 2 N–H and O–H groups in total. The molecule has 2 aromatic carbocycles. The second-order valence-corrected chi connectivity index (χ2v) is 6.64. The molecular weight excluding hydrogens is 382 g/mol. The Hall–Kier alpha value is -3.52. The number of fused-ring (bicyclic) bond motifs is 1. The summed E-state index contributed by atoms with van der Waals surface area (Å²) in [4.78, 5) is 26.1. The van der Waals surface area contributed by atoms with Crippen molar-refractivity contribution in [1.82, 2.24) is 5.16 Å². The van der Waals surface area contributed by atoms with E-state index in [2.05, 4.69) is 20.4 Å². The van der Waals surface area contributed by atoms with E-state index in [1.54, 1.807) is 59.4 Å². The molecule has 9 heteroatoms. The van der Waals surface area contributed by atoms with E-state index in [-0.39, 0.29) is 18.4 Å². The van der Waals surface area contributed by atoms with Gasteiger partial charge < -0.3 is 14.7 Å². The average molecular weight is 398 g/mol. The van der Waals surface area contributed by atoms with Gasteiger partial charge in [0.15, 0.2) is 5.82 Å². The molecule has 2 amide bonds. The molecule has 0 saturated carbocycles. The van der Waals surface area contributed by atoms with Gasteiger partial charge in [-0.15, -0.1) is 0 Å². The largest absolute Gasteiger partial charge is 0.363 e. The summed E-state index contributed by atoms with van der Waals surface area (Å²) in [7, 11) is 1.72. The number of anilines is 4. The highest BCUT2D eigenvalue weighted by molar-refractivity contribution is 6.31. The number of hydrogen-bond acceptors (Lipinski definition) is 6.